The first-order chi connectivity index (χ1) is 13.0. The second-order valence-electron chi connectivity index (χ2n) is 5.92. The molecule has 0 aliphatic rings. The zero-order valence-electron chi connectivity index (χ0n) is 15.1. The van der Waals surface area contributed by atoms with Gasteiger partial charge in [-0.3, -0.25) is 9.59 Å². The number of rotatable bonds is 9. The van der Waals surface area contributed by atoms with Crippen LogP contribution in [0.5, 0.6) is 0 Å². The molecule has 0 saturated carbocycles. The van der Waals surface area contributed by atoms with E-state index in [1.165, 1.54) is 0 Å². The van der Waals surface area contributed by atoms with Crippen molar-refractivity contribution in [3.8, 4) is 0 Å². The Bertz CT molecular complexity index is 776. The molecule has 0 fully saturated rings. The fraction of sp³-hybridized carbons (Fsp3) is 0.300. The maximum absolute atomic E-state index is 12.1. The summed E-state index contributed by atoms with van der Waals surface area (Å²) in [4.78, 5) is 23.7. The van der Waals surface area contributed by atoms with Crippen LogP contribution in [-0.2, 0) is 20.7 Å². The van der Waals surface area contributed by atoms with Crippen LogP contribution in [0.25, 0.3) is 0 Å². The normalized spacial score (nSPS) is 10.3. The third-order valence-corrected chi connectivity index (χ3v) is 4.42. The predicted octanol–water partition coefficient (Wildman–Crippen LogP) is 4.74. The molecule has 0 unspecified atom stereocenters. The molecule has 7 heteroatoms. The molecule has 2 aromatic rings. The monoisotopic (exact) mass is 408 g/mol. The largest absolute Gasteiger partial charge is 0.455 e. The van der Waals surface area contributed by atoms with Crippen LogP contribution < -0.4 is 10.6 Å². The van der Waals surface area contributed by atoms with Crippen molar-refractivity contribution >= 4 is 46.5 Å². The summed E-state index contributed by atoms with van der Waals surface area (Å²) < 4.78 is 5.06. The molecule has 144 valence electrons. The lowest BCUT2D eigenvalue weighted by Gasteiger charge is -2.14. The van der Waals surface area contributed by atoms with Gasteiger partial charge in [-0.1, -0.05) is 60.8 Å². The molecule has 0 heterocycles. The van der Waals surface area contributed by atoms with E-state index in [1.807, 2.05) is 25.1 Å². The van der Waals surface area contributed by atoms with Crippen molar-refractivity contribution in [2.45, 2.75) is 26.2 Å². The van der Waals surface area contributed by atoms with Crippen molar-refractivity contribution in [2.75, 3.05) is 18.5 Å². The fourth-order valence-electron chi connectivity index (χ4n) is 2.36. The lowest BCUT2D eigenvalue weighted by atomic mass is 10.1. The van der Waals surface area contributed by atoms with Crippen LogP contribution in [0.3, 0.4) is 0 Å². The first-order valence-electron chi connectivity index (χ1n) is 8.72. The molecule has 2 N–H and O–H groups in total. The smallest absolute Gasteiger partial charge is 0.310 e. The highest BCUT2D eigenvalue weighted by molar-refractivity contribution is 6.39. The summed E-state index contributed by atoms with van der Waals surface area (Å²) in [6.45, 7) is 2.33. The molecule has 0 atom stereocenters. The number of esters is 1. The number of unbranched alkanes of at least 4 members (excludes halogenated alkanes) is 1. The molecule has 0 bridgehead atoms. The number of hydrogen-bond acceptors (Lipinski definition) is 4. The number of para-hydroxylation sites is 2. The third kappa shape index (κ3) is 6.77. The molecule has 2 rings (SSSR count). The topological polar surface area (TPSA) is 67.4 Å². The van der Waals surface area contributed by atoms with Crippen LogP contribution in [0, 0.1) is 0 Å². The summed E-state index contributed by atoms with van der Waals surface area (Å²) in [7, 11) is 0. The second kappa shape index (κ2) is 10.8. The van der Waals surface area contributed by atoms with E-state index in [9.17, 15) is 9.59 Å². The van der Waals surface area contributed by atoms with Crippen molar-refractivity contribution in [3.05, 3.63) is 58.1 Å². The van der Waals surface area contributed by atoms with Crippen LogP contribution in [0.4, 0.5) is 11.4 Å². The average Bonchev–Trinajstić information content (AvgIpc) is 2.65. The fourth-order valence-corrected chi connectivity index (χ4v) is 2.85. The number of amides is 1. The Hall–Kier alpha value is -2.24. The maximum Gasteiger partial charge on any atom is 0.310 e. The first kappa shape index (κ1) is 21.1. The summed E-state index contributed by atoms with van der Waals surface area (Å²) in [6.07, 6.45) is 1.90. The first-order valence-corrected chi connectivity index (χ1v) is 9.48. The second-order valence-corrected chi connectivity index (χ2v) is 6.73. The lowest BCUT2D eigenvalue weighted by Crippen LogP contribution is -2.29. The number of benzene rings is 2. The molecule has 5 nitrogen and oxygen atoms in total. The highest BCUT2D eigenvalue weighted by Crippen LogP contribution is 2.33. The number of ether oxygens (including phenoxy) is 1. The summed E-state index contributed by atoms with van der Waals surface area (Å²) in [5.74, 6) is -0.786. The number of nitrogens with one attached hydrogen (secondary N) is 2. The minimum Gasteiger partial charge on any atom is -0.455 e. The highest BCUT2D eigenvalue weighted by Gasteiger charge is 2.13. The SMILES string of the molecule is CCCCNC(=O)COC(=O)Cc1ccccc1Nc1c(Cl)cccc1Cl. The van der Waals surface area contributed by atoms with Gasteiger partial charge >= 0.3 is 5.97 Å². The third-order valence-electron chi connectivity index (χ3n) is 3.79. The van der Waals surface area contributed by atoms with Crippen LogP contribution in [-0.4, -0.2) is 25.0 Å². The van der Waals surface area contributed by atoms with Gasteiger partial charge in [-0.25, -0.2) is 0 Å². The molecule has 0 aromatic heterocycles. The molecule has 0 aliphatic heterocycles. The summed E-state index contributed by atoms with van der Waals surface area (Å²) in [5, 5.41) is 6.82. The van der Waals surface area contributed by atoms with E-state index in [1.54, 1.807) is 24.3 Å². The molecule has 0 aliphatic carbocycles. The van der Waals surface area contributed by atoms with Crippen molar-refractivity contribution in [3.63, 3.8) is 0 Å². The quantitative estimate of drug-likeness (QED) is 0.464. The van der Waals surface area contributed by atoms with E-state index in [0.717, 1.165) is 12.8 Å². The van der Waals surface area contributed by atoms with Crippen LogP contribution in [0.2, 0.25) is 10.0 Å². The van der Waals surface area contributed by atoms with E-state index in [0.29, 0.717) is 33.5 Å². The number of halogens is 2. The molecule has 1 amide bonds. The van der Waals surface area contributed by atoms with Gasteiger partial charge in [0.05, 0.1) is 22.2 Å². The Balaban J connectivity index is 1.97. The summed E-state index contributed by atoms with van der Waals surface area (Å²) >= 11 is 12.4. The van der Waals surface area contributed by atoms with Crippen molar-refractivity contribution in [1.29, 1.82) is 0 Å². The Morgan fingerprint density at radius 1 is 1.04 bits per heavy atom. The van der Waals surface area contributed by atoms with Gasteiger partial charge in [-0.05, 0) is 30.2 Å². The number of hydrogen-bond donors (Lipinski definition) is 2. The van der Waals surface area contributed by atoms with Gasteiger partial charge in [0.2, 0.25) is 0 Å². The van der Waals surface area contributed by atoms with E-state index >= 15 is 0 Å². The molecular weight excluding hydrogens is 387 g/mol. The maximum atomic E-state index is 12.1. The van der Waals surface area contributed by atoms with E-state index in [2.05, 4.69) is 10.6 Å². The number of carbonyl (C=O) groups excluding carboxylic acids is 2. The molecule has 0 radical (unpaired) electrons. The minimum atomic E-state index is -0.486. The van der Waals surface area contributed by atoms with E-state index in [4.69, 9.17) is 27.9 Å². The van der Waals surface area contributed by atoms with Crippen molar-refractivity contribution in [2.24, 2.45) is 0 Å². The molecule has 0 saturated heterocycles. The van der Waals surface area contributed by atoms with E-state index < -0.39 is 5.97 Å². The van der Waals surface area contributed by atoms with Gasteiger partial charge < -0.3 is 15.4 Å². The van der Waals surface area contributed by atoms with Crippen molar-refractivity contribution in [1.82, 2.24) is 5.32 Å². The van der Waals surface area contributed by atoms with Crippen LogP contribution in [0.15, 0.2) is 42.5 Å². The molecule has 2 aromatic carbocycles. The molecule has 27 heavy (non-hydrogen) atoms. The molecule has 0 spiro atoms. The van der Waals surface area contributed by atoms with Crippen molar-refractivity contribution < 1.29 is 14.3 Å². The zero-order chi connectivity index (χ0) is 19.6. The summed E-state index contributed by atoms with van der Waals surface area (Å²) in [5.41, 5.74) is 1.97. The predicted molar refractivity (Wildman–Crippen MR) is 109 cm³/mol. The number of anilines is 2. The lowest BCUT2D eigenvalue weighted by molar-refractivity contribution is -0.147. The Morgan fingerprint density at radius 3 is 2.44 bits per heavy atom. The Labute approximate surface area is 169 Å². The minimum absolute atomic E-state index is 0.0213. The van der Waals surface area contributed by atoms with Gasteiger partial charge in [0, 0.05) is 12.2 Å². The Morgan fingerprint density at radius 2 is 1.74 bits per heavy atom. The standard InChI is InChI=1S/C20H22Cl2N2O3/c1-2-3-11-23-18(25)13-27-19(26)12-14-7-4-5-10-17(14)24-20-15(21)8-6-9-16(20)22/h4-10,24H,2-3,11-13H2,1H3,(H,23,25). The summed E-state index contributed by atoms with van der Waals surface area (Å²) in [6, 6.07) is 12.5. The molecular formula is C20H22Cl2N2O3. The van der Waals surface area contributed by atoms with Gasteiger partial charge in [0.25, 0.3) is 5.91 Å². The van der Waals surface area contributed by atoms with Crippen LogP contribution >= 0.6 is 23.2 Å². The highest BCUT2D eigenvalue weighted by atomic mass is 35.5. The van der Waals surface area contributed by atoms with Gasteiger partial charge in [0.15, 0.2) is 6.61 Å². The number of carbonyl (C=O) groups is 2. The van der Waals surface area contributed by atoms with Gasteiger partial charge in [0.1, 0.15) is 0 Å². The van der Waals surface area contributed by atoms with Gasteiger partial charge in [-0.2, -0.15) is 0 Å². The Kier molecular flexibility index (Phi) is 8.43. The average molecular weight is 409 g/mol. The van der Waals surface area contributed by atoms with E-state index in [-0.39, 0.29) is 18.9 Å². The zero-order valence-corrected chi connectivity index (χ0v) is 16.6. The van der Waals surface area contributed by atoms with Gasteiger partial charge in [-0.15, -0.1) is 0 Å². The van der Waals surface area contributed by atoms with Crippen LogP contribution in [0.1, 0.15) is 25.3 Å².